The average Bonchev–Trinajstić information content (AvgIpc) is 3.33. The van der Waals surface area contributed by atoms with Crippen molar-refractivity contribution in [2.75, 3.05) is 25.2 Å². The molecule has 0 saturated carbocycles. The molecule has 0 aliphatic carbocycles. The van der Waals surface area contributed by atoms with Crippen LogP contribution in [0.2, 0.25) is 0 Å². The van der Waals surface area contributed by atoms with Gasteiger partial charge in [-0.2, -0.15) is 5.10 Å². The molecule has 32 heavy (non-hydrogen) atoms. The number of imide groups is 1. The Morgan fingerprint density at radius 2 is 1.91 bits per heavy atom. The van der Waals surface area contributed by atoms with Crippen LogP contribution < -0.4 is 5.32 Å². The number of rotatable bonds is 7. The van der Waals surface area contributed by atoms with E-state index in [4.69, 9.17) is 0 Å². The summed E-state index contributed by atoms with van der Waals surface area (Å²) in [4.78, 5) is 28.4. The van der Waals surface area contributed by atoms with E-state index >= 15 is 0 Å². The van der Waals surface area contributed by atoms with E-state index in [1.807, 2.05) is 60.8 Å². The van der Waals surface area contributed by atoms with Gasteiger partial charge in [-0.3, -0.25) is 14.4 Å². The van der Waals surface area contributed by atoms with Gasteiger partial charge in [0.15, 0.2) is 9.84 Å². The van der Waals surface area contributed by atoms with Gasteiger partial charge in [0, 0.05) is 24.2 Å². The third-order valence-electron chi connectivity index (χ3n) is 6.23. The summed E-state index contributed by atoms with van der Waals surface area (Å²) < 4.78 is 25.6. The first kappa shape index (κ1) is 22.5. The molecule has 3 heterocycles. The van der Waals surface area contributed by atoms with Gasteiger partial charge in [-0.1, -0.05) is 30.3 Å². The number of sulfone groups is 1. The van der Waals surface area contributed by atoms with Crippen molar-refractivity contribution in [1.82, 2.24) is 24.9 Å². The van der Waals surface area contributed by atoms with Crippen molar-refractivity contribution in [1.29, 1.82) is 0 Å². The summed E-state index contributed by atoms with van der Waals surface area (Å²) in [6.45, 7) is 4.51. The van der Waals surface area contributed by atoms with E-state index in [0.29, 0.717) is 19.4 Å². The van der Waals surface area contributed by atoms with Crippen LogP contribution in [0, 0.1) is 13.8 Å². The Morgan fingerprint density at radius 3 is 2.56 bits per heavy atom. The molecule has 2 saturated heterocycles. The lowest BCUT2D eigenvalue weighted by atomic mass is 10.1. The largest absolute Gasteiger partial charge is 0.325 e. The van der Waals surface area contributed by atoms with Crippen LogP contribution in [0.25, 0.3) is 0 Å². The summed E-state index contributed by atoms with van der Waals surface area (Å²) in [6, 6.07) is 8.53. The third kappa shape index (κ3) is 4.56. The zero-order chi connectivity index (χ0) is 23.0. The SMILES string of the molecule is Cc1nn([C@@H]2CCS(=O)(=O)C2)c(C)c1CN(C)CN1C(=O)N[C@H](Cc2ccccc2)C1=O. The third-order valence-corrected chi connectivity index (χ3v) is 7.98. The lowest BCUT2D eigenvalue weighted by molar-refractivity contribution is -0.128. The quantitative estimate of drug-likeness (QED) is 0.628. The standard InChI is InChI=1S/C22H29N5O4S/c1-15-19(16(2)27(24-15)18-9-10-32(30,31)13-18)12-25(3)14-26-21(28)20(23-22(26)29)11-17-7-5-4-6-8-17/h4-8,18,20H,9-14H2,1-3H3,(H,23,29)/t18-,20-/m1/s1. The van der Waals surface area contributed by atoms with Crippen molar-refractivity contribution in [3.05, 3.63) is 52.8 Å². The molecule has 2 fully saturated rings. The number of nitrogens with one attached hydrogen (secondary N) is 1. The summed E-state index contributed by atoms with van der Waals surface area (Å²) in [5, 5.41) is 7.38. The van der Waals surface area contributed by atoms with E-state index in [1.54, 1.807) is 0 Å². The maximum Gasteiger partial charge on any atom is 0.325 e. The number of carbonyl (C=O) groups excluding carboxylic acids is 2. The molecule has 2 atom stereocenters. The van der Waals surface area contributed by atoms with Crippen LogP contribution in [0.5, 0.6) is 0 Å². The molecule has 1 aromatic heterocycles. The number of aryl methyl sites for hydroxylation is 1. The molecule has 3 amide bonds. The molecule has 2 aromatic rings. The molecular weight excluding hydrogens is 430 g/mol. The highest BCUT2D eigenvalue weighted by Gasteiger charge is 2.38. The minimum atomic E-state index is -3.00. The summed E-state index contributed by atoms with van der Waals surface area (Å²) in [6.07, 6.45) is 1.03. The predicted octanol–water partition coefficient (Wildman–Crippen LogP) is 1.41. The zero-order valence-corrected chi connectivity index (χ0v) is 19.4. The predicted molar refractivity (Wildman–Crippen MR) is 120 cm³/mol. The molecule has 0 unspecified atom stereocenters. The van der Waals surface area contributed by atoms with Crippen LogP contribution >= 0.6 is 0 Å². The van der Waals surface area contributed by atoms with E-state index in [2.05, 4.69) is 10.4 Å². The molecule has 1 N–H and O–H groups in total. The van der Waals surface area contributed by atoms with Crippen LogP contribution in [0.15, 0.2) is 30.3 Å². The number of hydrogen-bond donors (Lipinski definition) is 1. The van der Waals surface area contributed by atoms with Gasteiger partial charge in [-0.15, -0.1) is 0 Å². The number of hydrogen-bond acceptors (Lipinski definition) is 6. The first-order valence-corrected chi connectivity index (χ1v) is 12.6. The van der Waals surface area contributed by atoms with E-state index < -0.39 is 15.9 Å². The fourth-order valence-electron chi connectivity index (χ4n) is 4.51. The lowest BCUT2D eigenvalue weighted by Gasteiger charge is -2.22. The molecule has 0 radical (unpaired) electrons. The molecule has 9 nitrogen and oxygen atoms in total. The highest BCUT2D eigenvalue weighted by molar-refractivity contribution is 7.91. The number of benzene rings is 1. The Labute approximate surface area is 188 Å². The summed E-state index contributed by atoms with van der Waals surface area (Å²) >= 11 is 0. The number of urea groups is 1. The molecule has 1 aromatic carbocycles. The van der Waals surface area contributed by atoms with Crippen LogP contribution in [0.4, 0.5) is 4.79 Å². The number of nitrogens with zero attached hydrogens (tertiary/aromatic N) is 4. The fraction of sp³-hybridized carbons (Fsp3) is 0.500. The Kier molecular flexibility index (Phi) is 6.09. The van der Waals surface area contributed by atoms with Crippen molar-refractivity contribution in [2.45, 2.75) is 45.3 Å². The smallest absolute Gasteiger partial charge is 0.325 e. The van der Waals surface area contributed by atoms with Gasteiger partial charge in [0.05, 0.1) is 29.9 Å². The highest BCUT2D eigenvalue weighted by atomic mass is 32.2. The molecule has 0 spiro atoms. The Morgan fingerprint density at radius 1 is 1.19 bits per heavy atom. The minimum Gasteiger partial charge on any atom is -0.325 e. The molecule has 2 aliphatic heterocycles. The van der Waals surface area contributed by atoms with E-state index in [0.717, 1.165) is 22.5 Å². The van der Waals surface area contributed by atoms with Crippen molar-refractivity contribution in [3.8, 4) is 0 Å². The second-order valence-electron chi connectivity index (χ2n) is 8.76. The Bertz CT molecular complexity index is 1130. The molecule has 172 valence electrons. The van der Waals surface area contributed by atoms with Crippen LogP contribution in [-0.4, -0.2) is 71.2 Å². The van der Waals surface area contributed by atoms with Crippen LogP contribution in [0.1, 0.15) is 35.0 Å². The van der Waals surface area contributed by atoms with Crippen molar-refractivity contribution in [2.24, 2.45) is 0 Å². The van der Waals surface area contributed by atoms with Gasteiger partial charge in [-0.05, 0) is 32.9 Å². The minimum absolute atomic E-state index is 0.121. The molecule has 2 aliphatic rings. The number of carbonyl (C=O) groups is 2. The van der Waals surface area contributed by atoms with E-state index in [-0.39, 0.29) is 36.2 Å². The second kappa shape index (κ2) is 8.67. The summed E-state index contributed by atoms with van der Waals surface area (Å²) in [5.74, 6) is 0.0860. The van der Waals surface area contributed by atoms with Crippen LogP contribution in [0.3, 0.4) is 0 Å². The van der Waals surface area contributed by atoms with Crippen molar-refractivity contribution < 1.29 is 18.0 Å². The molecule has 0 bridgehead atoms. The van der Waals surface area contributed by atoms with Gasteiger partial charge >= 0.3 is 6.03 Å². The monoisotopic (exact) mass is 459 g/mol. The highest BCUT2D eigenvalue weighted by Crippen LogP contribution is 2.27. The number of aromatic nitrogens is 2. The number of amides is 3. The van der Waals surface area contributed by atoms with E-state index in [9.17, 15) is 18.0 Å². The maximum absolute atomic E-state index is 12.8. The zero-order valence-electron chi connectivity index (χ0n) is 18.6. The van der Waals surface area contributed by atoms with Gasteiger partial charge in [-0.25, -0.2) is 18.1 Å². The maximum atomic E-state index is 12.8. The summed E-state index contributed by atoms with van der Waals surface area (Å²) in [7, 11) is -1.15. The Balaban J connectivity index is 1.41. The summed E-state index contributed by atoms with van der Waals surface area (Å²) in [5.41, 5.74) is 3.74. The molecule has 4 rings (SSSR count). The van der Waals surface area contributed by atoms with Gasteiger partial charge in [0.1, 0.15) is 6.04 Å². The topological polar surface area (TPSA) is 105 Å². The van der Waals surface area contributed by atoms with Crippen LogP contribution in [-0.2, 0) is 27.6 Å². The normalized spacial score (nSPS) is 22.7. The lowest BCUT2D eigenvalue weighted by Crippen LogP contribution is -2.40. The second-order valence-corrected chi connectivity index (χ2v) is 11.0. The van der Waals surface area contributed by atoms with E-state index in [1.165, 1.54) is 4.90 Å². The first-order chi connectivity index (χ1) is 15.1. The van der Waals surface area contributed by atoms with Crippen molar-refractivity contribution >= 4 is 21.8 Å². The molecular formula is C22H29N5O4S. The van der Waals surface area contributed by atoms with Gasteiger partial charge < -0.3 is 5.32 Å². The Hall–Kier alpha value is -2.72. The fourth-order valence-corrected chi connectivity index (χ4v) is 6.20. The first-order valence-electron chi connectivity index (χ1n) is 10.7. The average molecular weight is 460 g/mol. The molecule has 10 heteroatoms. The van der Waals surface area contributed by atoms with Crippen molar-refractivity contribution in [3.63, 3.8) is 0 Å². The van der Waals surface area contributed by atoms with Gasteiger partial charge in [0.2, 0.25) is 0 Å². The van der Waals surface area contributed by atoms with Gasteiger partial charge in [0.25, 0.3) is 5.91 Å².